The number of nitrogens with one attached hydrogen (secondary N) is 1. The molecule has 8 heteroatoms. The summed E-state index contributed by atoms with van der Waals surface area (Å²) >= 11 is 1.43. The van der Waals surface area contributed by atoms with Crippen molar-refractivity contribution in [3.63, 3.8) is 0 Å². The Labute approximate surface area is 188 Å². The number of rotatable bonds is 4. The molecule has 0 radical (unpaired) electrons. The molecular weight excluding hydrogens is 422 g/mol. The number of amidine groups is 1. The van der Waals surface area contributed by atoms with Crippen LogP contribution in [0.15, 0.2) is 85.1 Å². The van der Waals surface area contributed by atoms with Gasteiger partial charge >= 0.3 is 5.63 Å². The number of aryl methyl sites for hydroxylation is 1. The van der Waals surface area contributed by atoms with Crippen LogP contribution in [0.2, 0.25) is 0 Å². The fraction of sp³-hybridized carbons (Fsp3) is 0.125. The van der Waals surface area contributed by atoms with Crippen molar-refractivity contribution in [3.05, 3.63) is 88.0 Å². The number of para-hydroxylation sites is 1. The summed E-state index contributed by atoms with van der Waals surface area (Å²) in [6.45, 7) is 3.82. The summed E-state index contributed by atoms with van der Waals surface area (Å²) in [5.41, 5.74) is 4.63. The molecule has 0 unspecified atom stereocenters. The highest BCUT2D eigenvalue weighted by atomic mass is 32.2. The lowest BCUT2D eigenvalue weighted by Crippen LogP contribution is -2.14. The number of nitrogens with zero attached hydrogens (tertiary/aromatic N) is 4. The molecule has 0 fully saturated rings. The van der Waals surface area contributed by atoms with E-state index in [1.54, 1.807) is 6.07 Å². The van der Waals surface area contributed by atoms with Gasteiger partial charge in [-0.05, 0) is 26.0 Å². The van der Waals surface area contributed by atoms with Crippen LogP contribution < -0.4 is 5.63 Å². The summed E-state index contributed by atoms with van der Waals surface area (Å²) in [6.07, 6.45) is 0. The van der Waals surface area contributed by atoms with E-state index in [2.05, 4.69) is 25.2 Å². The van der Waals surface area contributed by atoms with Gasteiger partial charge in [0.2, 0.25) is 5.17 Å². The second-order valence-corrected chi connectivity index (χ2v) is 8.27. The fourth-order valence-electron chi connectivity index (χ4n) is 3.48. The van der Waals surface area contributed by atoms with Crippen molar-refractivity contribution in [3.8, 4) is 11.4 Å². The second kappa shape index (κ2) is 8.39. The number of fused-ring (bicyclic) bond motifs is 1. The van der Waals surface area contributed by atoms with Gasteiger partial charge < -0.3 is 9.40 Å². The molecule has 0 amide bonds. The molecule has 0 aliphatic carbocycles. The van der Waals surface area contributed by atoms with Crippen LogP contribution in [0.4, 0.5) is 0 Å². The van der Waals surface area contributed by atoms with Gasteiger partial charge in [-0.3, -0.25) is 0 Å². The number of aromatic amines is 1. The first-order valence-electron chi connectivity index (χ1n) is 10.1. The van der Waals surface area contributed by atoms with E-state index in [0.29, 0.717) is 33.5 Å². The van der Waals surface area contributed by atoms with Crippen LogP contribution in [0.25, 0.3) is 22.4 Å². The third-order valence-corrected chi connectivity index (χ3v) is 5.93. The third-order valence-electron chi connectivity index (χ3n) is 5.08. The summed E-state index contributed by atoms with van der Waals surface area (Å²) < 4.78 is 5.42. The van der Waals surface area contributed by atoms with E-state index in [1.165, 1.54) is 11.8 Å². The molecule has 1 N–H and O–H groups in total. The Balaban J connectivity index is 1.41. The maximum Gasteiger partial charge on any atom is 0.345 e. The SMILES string of the molecule is C/C(=N\N=C1\N=C(c2cc3ccccc3oc2=O)CS1)c1nc(-c2ccccc2)[nH]c1C. The van der Waals surface area contributed by atoms with E-state index in [9.17, 15) is 4.79 Å². The van der Waals surface area contributed by atoms with Crippen molar-refractivity contribution in [1.82, 2.24) is 9.97 Å². The first-order valence-corrected chi connectivity index (χ1v) is 11.1. The maximum atomic E-state index is 12.4. The van der Waals surface area contributed by atoms with Gasteiger partial charge in [-0.15, -0.1) is 5.10 Å². The molecular formula is C24H19N5O2S. The summed E-state index contributed by atoms with van der Waals surface area (Å²) in [7, 11) is 0. The van der Waals surface area contributed by atoms with Crippen molar-refractivity contribution in [2.75, 3.05) is 5.75 Å². The van der Waals surface area contributed by atoms with Crippen LogP contribution in [-0.4, -0.2) is 32.3 Å². The van der Waals surface area contributed by atoms with Crippen LogP contribution in [0.3, 0.4) is 0 Å². The van der Waals surface area contributed by atoms with Gasteiger partial charge in [0, 0.05) is 22.4 Å². The van der Waals surface area contributed by atoms with Crippen molar-refractivity contribution >= 4 is 39.3 Å². The quantitative estimate of drug-likeness (QED) is 0.279. The molecule has 4 aromatic rings. The lowest BCUT2D eigenvalue weighted by Gasteiger charge is -2.00. The van der Waals surface area contributed by atoms with Gasteiger partial charge in [-0.25, -0.2) is 14.8 Å². The lowest BCUT2D eigenvalue weighted by molar-refractivity contribution is 0.559. The van der Waals surface area contributed by atoms with E-state index >= 15 is 0 Å². The number of aromatic nitrogens is 2. The van der Waals surface area contributed by atoms with Gasteiger partial charge in [-0.2, -0.15) is 5.10 Å². The molecule has 1 aliphatic rings. The van der Waals surface area contributed by atoms with Crippen LogP contribution in [0.5, 0.6) is 0 Å². The zero-order valence-corrected chi connectivity index (χ0v) is 18.3. The number of hydrogen-bond acceptors (Lipinski definition) is 6. The van der Waals surface area contributed by atoms with Gasteiger partial charge in [0.15, 0.2) is 0 Å². The first kappa shape index (κ1) is 20.1. The topological polar surface area (TPSA) is 96.0 Å². The molecule has 7 nitrogen and oxygen atoms in total. The van der Waals surface area contributed by atoms with Crippen molar-refractivity contribution in [1.29, 1.82) is 0 Å². The molecule has 0 spiro atoms. The Hall–Kier alpha value is -3.78. The highest BCUT2D eigenvalue weighted by molar-refractivity contribution is 8.15. The Bertz CT molecular complexity index is 1460. The number of thioether (sulfide) groups is 1. The zero-order valence-electron chi connectivity index (χ0n) is 17.5. The number of aliphatic imine (C=N–C) groups is 1. The molecule has 32 heavy (non-hydrogen) atoms. The van der Waals surface area contributed by atoms with E-state index in [0.717, 1.165) is 28.2 Å². The normalized spacial score (nSPS) is 15.5. The van der Waals surface area contributed by atoms with Crippen LogP contribution in [0, 0.1) is 6.92 Å². The van der Waals surface area contributed by atoms with Crippen LogP contribution in [0.1, 0.15) is 23.9 Å². The first-order chi connectivity index (χ1) is 15.6. The summed E-state index contributed by atoms with van der Waals surface area (Å²) in [4.78, 5) is 24.9. The van der Waals surface area contributed by atoms with E-state index < -0.39 is 5.63 Å². The molecule has 0 atom stereocenters. The second-order valence-electron chi connectivity index (χ2n) is 7.33. The molecule has 0 bridgehead atoms. The Morgan fingerprint density at radius 3 is 2.75 bits per heavy atom. The fourth-order valence-corrected chi connectivity index (χ4v) is 4.23. The summed E-state index contributed by atoms with van der Waals surface area (Å²) in [6, 6.07) is 19.2. The predicted octanol–water partition coefficient (Wildman–Crippen LogP) is 4.81. The number of H-pyrrole nitrogens is 1. The Morgan fingerprint density at radius 1 is 1.12 bits per heavy atom. The minimum absolute atomic E-state index is 0.399. The van der Waals surface area contributed by atoms with E-state index in [-0.39, 0.29) is 0 Å². The summed E-state index contributed by atoms with van der Waals surface area (Å²) in [5.74, 6) is 1.33. The predicted molar refractivity (Wildman–Crippen MR) is 130 cm³/mol. The molecule has 3 heterocycles. The third kappa shape index (κ3) is 3.92. The van der Waals surface area contributed by atoms with Gasteiger partial charge in [0.1, 0.15) is 17.1 Å². The molecule has 1 aliphatic heterocycles. The largest absolute Gasteiger partial charge is 0.422 e. The Morgan fingerprint density at radius 2 is 1.91 bits per heavy atom. The number of imidazole rings is 1. The lowest BCUT2D eigenvalue weighted by atomic mass is 10.1. The van der Waals surface area contributed by atoms with Crippen molar-refractivity contribution < 1.29 is 4.42 Å². The molecule has 2 aromatic heterocycles. The molecule has 0 saturated heterocycles. The minimum Gasteiger partial charge on any atom is -0.422 e. The zero-order chi connectivity index (χ0) is 22.1. The van der Waals surface area contributed by atoms with Crippen LogP contribution >= 0.6 is 11.8 Å². The van der Waals surface area contributed by atoms with Gasteiger partial charge in [0.25, 0.3) is 0 Å². The van der Waals surface area contributed by atoms with Crippen molar-refractivity contribution in [2.45, 2.75) is 13.8 Å². The summed E-state index contributed by atoms with van der Waals surface area (Å²) in [5, 5.41) is 9.98. The number of hydrogen-bond donors (Lipinski definition) is 1. The van der Waals surface area contributed by atoms with Crippen LogP contribution in [-0.2, 0) is 0 Å². The molecule has 158 valence electrons. The monoisotopic (exact) mass is 441 g/mol. The van der Waals surface area contributed by atoms with Gasteiger partial charge in [-0.1, -0.05) is 60.3 Å². The Kier molecular flexibility index (Phi) is 5.28. The molecule has 5 rings (SSSR count). The average Bonchev–Trinajstić information content (AvgIpc) is 3.44. The maximum absolute atomic E-state index is 12.4. The standard InChI is InChI=1S/C24H19N5O2S/c1-14-21(27-22(25-14)16-8-4-3-5-9-16)15(2)28-29-24-26-19(13-32-24)18-12-17-10-6-7-11-20(17)31-23(18)30/h3-12H,13H2,1-2H3,(H,25,27)/b28-15+,29-24-. The molecule has 2 aromatic carbocycles. The highest BCUT2D eigenvalue weighted by Crippen LogP contribution is 2.21. The smallest absolute Gasteiger partial charge is 0.345 e. The average molecular weight is 442 g/mol. The van der Waals surface area contributed by atoms with E-state index in [4.69, 9.17) is 4.42 Å². The molecule has 0 saturated carbocycles. The van der Waals surface area contributed by atoms with E-state index in [1.807, 2.05) is 68.4 Å². The number of benzene rings is 2. The van der Waals surface area contributed by atoms with Crippen molar-refractivity contribution in [2.24, 2.45) is 15.2 Å². The van der Waals surface area contributed by atoms with Gasteiger partial charge in [0.05, 0.1) is 17.0 Å². The highest BCUT2D eigenvalue weighted by Gasteiger charge is 2.20. The minimum atomic E-state index is -0.399.